The molecule has 0 amide bonds. The summed E-state index contributed by atoms with van der Waals surface area (Å²) >= 11 is 0. The summed E-state index contributed by atoms with van der Waals surface area (Å²) in [6.07, 6.45) is 3.40. The zero-order chi connectivity index (χ0) is 21.6. The van der Waals surface area contributed by atoms with Crippen LogP contribution in [0.1, 0.15) is 21.5 Å². The zero-order valence-electron chi connectivity index (χ0n) is 16.3. The Morgan fingerprint density at radius 1 is 1.03 bits per heavy atom. The molecule has 0 saturated heterocycles. The van der Waals surface area contributed by atoms with Crippen molar-refractivity contribution in [2.75, 3.05) is 0 Å². The molecular weight excluding hydrogens is 394 g/mol. The number of rotatable bonds is 5. The van der Waals surface area contributed by atoms with Gasteiger partial charge in [-0.3, -0.25) is 4.79 Å². The first kappa shape index (κ1) is 19.8. The molecular formula is C23H17N5O3. The van der Waals surface area contributed by atoms with Crippen molar-refractivity contribution in [1.29, 1.82) is 0 Å². The monoisotopic (exact) mass is 411 g/mol. The van der Waals surface area contributed by atoms with Crippen LogP contribution in [0.5, 0.6) is 0 Å². The highest BCUT2D eigenvalue weighted by Gasteiger charge is 2.08. The predicted octanol–water partition coefficient (Wildman–Crippen LogP) is 2.30. The highest BCUT2D eigenvalue weighted by Crippen LogP contribution is 2.15. The minimum atomic E-state index is -0.963. The molecule has 31 heavy (non-hydrogen) atoms. The van der Waals surface area contributed by atoms with Crippen molar-refractivity contribution in [3.63, 3.8) is 0 Å². The van der Waals surface area contributed by atoms with Crippen molar-refractivity contribution >= 4 is 5.97 Å². The molecule has 0 radical (unpaired) electrons. The quantitative estimate of drug-likeness (QED) is 0.506. The lowest BCUT2D eigenvalue weighted by Crippen LogP contribution is -2.04. The van der Waals surface area contributed by atoms with Gasteiger partial charge in [0.2, 0.25) is 5.82 Å². The Kier molecular flexibility index (Phi) is 5.67. The van der Waals surface area contributed by atoms with Gasteiger partial charge in [0.05, 0.1) is 18.7 Å². The standard InChI is InChI=1S/C23H17N5O3/c29-21-10-13-27(14-11-21)12-2-4-17-3-1-5-20(15-17)22-24-26-28(25-22)16-18-6-8-19(9-7-18)23(30)31/h1,3,5-11,13-15H,12,16H2,(H,30,31). The second-order valence-corrected chi connectivity index (χ2v) is 6.73. The molecule has 0 aliphatic rings. The number of pyridine rings is 1. The molecule has 0 saturated carbocycles. The summed E-state index contributed by atoms with van der Waals surface area (Å²) in [5.74, 6) is 5.69. The van der Waals surface area contributed by atoms with Gasteiger partial charge in [0, 0.05) is 35.7 Å². The molecule has 0 unspecified atom stereocenters. The zero-order valence-corrected chi connectivity index (χ0v) is 16.3. The summed E-state index contributed by atoms with van der Waals surface area (Å²) in [6, 6.07) is 17.1. The number of hydrogen-bond donors (Lipinski definition) is 1. The third kappa shape index (κ3) is 5.10. The summed E-state index contributed by atoms with van der Waals surface area (Å²) in [4.78, 5) is 23.5. The van der Waals surface area contributed by atoms with Crippen LogP contribution in [0, 0.1) is 11.8 Å². The smallest absolute Gasteiger partial charge is 0.335 e. The molecule has 0 atom stereocenters. The number of carboxylic acids is 1. The minimum absolute atomic E-state index is 0.0327. The van der Waals surface area contributed by atoms with E-state index >= 15 is 0 Å². The molecule has 0 aliphatic carbocycles. The SMILES string of the molecule is O=C(O)c1ccc(Cn2nnc(-c3cccc(C#CCn4ccc(=O)cc4)c3)n2)cc1. The normalized spacial score (nSPS) is 10.3. The van der Waals surface area contributed by atoms with E-state index in [1.807, 2.05) is 28.8 Å². The predicted molar refractivity (Wildman–Crippen MR) is 113 cm³/mol. The molecule has 4 rings (SSSR count). The third-order valence-electron chi connectivity index (χ3n) is 4.45. The molecule has 8 nitrogen and oxygen atoms in total. The van der Waals surface area contributed by atoms with Gasteiger partial charge in [0.25, 0.3) is 0 Å². The highest BCUT2D eigenvalue weighted by molar-refractivity contribution is 5.87. The van der Waals surface area contributed by atoms with E-state index < -0.39 is 5.97 Å². The lowest BCUT2D eigenvalue weighted by Gasteiger charge is -2.00. The first-order chi connectivity index (χ1) is 15.1. The molecule has 1 N–H and O–H groups in total. The Labute approximate surface area is 177 Å². The van der Waals surface area contributed by atoms with Crippen LogP contribution in [0.3, 0.4) is 0 Å². The lowest BCUT2D eigenvalue weighted by atomic mass is 10.1. The first-order valence-electron chi connectivity index (χ1n) is 9.42. The van der Waals surface area contributed by atoms with E-state index in [1.54, 1.807) is 36.7 Å². The number of hydrogen-bond acceptors (Lipinski definition) is 5. The topological polar surface area (TPSA) is 103 Å². The van der Waals surface area contributed by atoms with Gasteiger partial charge in [0.1, 0.15) is 0 Å². The maximum absolute atomic E-state index is 11.1. The van der Waals surface area contributed by atoms with Gasteiger partial charge in [0.15, 0.2) is 5.43 Å². The Bertz CT molecular complexity index is 1320. The number of aromatic carboxylic acids is 1. The van der Waals surface area contributed by atoms with E-state index in [-0.39, 0.29) is 11.0 Å². The molecule has 2 aromatic heterocycles. The second-order valence-electron chi connectivity index (χ2n) is 6.73. The van der Waals surface area contributed by atoms with Gasteiger partial charge in [-0.15, -0.1) is 10.2 Å². The van der Waals surface area contributed by atoms with Crippen molar-refractivity contribution in [1.82, 2.24) is 24.8 Å². The van der Waals surface area contributed by atoms with Crippen molar-refractivity contribution < 1.29 is 9.90 Å². The fourth-order valence-electron chi connectivity index (χ4n) is 2.86. The molecule has 4 aromatic rings. The fraction of sp³-hybridized carbons (Fsp3) is 0.0870. The lowest BCUT2D eigenvalue weighted by molar-refractivity contribution is 0.0697. The minimum Gasteiger partial charge on any atom is -0.478 e. The van der Waals surface area contributed by atoms with Crippen molar-refractivity contribution in [2.45, 2.75) is 13.1 Å². The molecule has 152 valence electrons. The van der Waals surface area contributed by atoms with E-state index in [2.05, 4.69) is 27.3 Å². The van der Waals surface area contributed by atoms with E-state index in [1.165, 1.54) is 16.9 Å². The van der Waals surface area contributed by atoms with Crippen LogP contribution in [0.2, 0.25) is 0 Å². The number of benzene rings is 2. The van der Waals surface area contributed by atoms with Crippen LogP contribution in [0.4, 0.5) is 0 Å². The average molecular weight is 411 g/mol. The molecule has 2 aromatic carbocycles. The van der Waals surface area contributed by atoms with Gasteiger partial charge in [-0.1, -0.05) is 36.1 Å². The summed E-state index contributed by atoms with van der Waals surface area (Å²) in [6.45, 7) is 0.853. The summed E-state index contributed by atoms with van der Waals surface area (Å²) < 4.78 is 1.83. The molecule has 0 spiro atoms. The van der Waals surface area contributed by atoms with E-state index in [4.69, 9.17) is 5.11 Å². The maximum Gasteiger partial charge on any atom is 0.335 e. The average Bonchev–Trinajstić information content (AvgIpc) is 3.24. The van der Waals surface area contributed by atoms with Crippen LogP contribution >= 0.6 is 0 Å². The van der Waals surface area contributed by atoms with Crippen LogP contribution in [0.15, 0.2) is 77.9 Å². The van der Waals surface area contributed by atoms with Gasteiger partial charge < -0.3 is 9.67 Å². The van der Waals surface area contributed by atoms with E-state index in [0.717, 1.165) is 16.7 Å². The maximum atomic E-state index is 11.1. The van der Waals surface area contributed by atoms with Gasteiger partial charge in [-0.2, -0.15) is 4.80 Å². The largest absolute Gasteiger partial charge is 0.478 e. The van der Waals surface area contributed by atoms with Crippen molar-refractivity contribution in [3.8, 4) is 23.2 Å². The Hall–Kier alpha value is -4.51. The van der Waals surface area contributed by atoms with Gasteiger partial charge in [-0.05, 0) is 35.0 Å². The first-order valence-corrected chi connectivity index (χ1v) is 9.42. The number of aromatic nitrogens is 5. The molecule has 2 heterocycles. The van der Waals surface area contributed by atoms with Crippen molar-refractivity contribution in [2.24, 2.45) is 0 Å². The molecule has 8 heteroatoms. The Morgan fingerprint density at radius 2 is 1.81 bits per heavy atom. The summed E-state index contributed by atoms with van der Waals surface area (Å²) in [5, 5.41) is 21.6. The van der Waals surface area contributed by atoms with Crippen LogP contribution in [-0.2, 0) is 13.1 Å². The van der Waals surface area contributed by atoms with Crippen molar-refractivity contribution in [3.05, 3.63) is 100.0 Å². The Balaban J connectivity index is 1.45. The Morgan fingerprint density at radius 3 is 2.55 bits per heavy atom. The molecule has 0 bridgehead atoms. The highest BCUT2D eigenvalue weighted by atomic mass is 16.4. The number of carboxylic acid groups (broad SMARTS) is 1. The van der Waals surface area contributed by atoms with Crippen LogP contribution in [-0.4, -0.2) is 35.9 Å². The summed E-state index contributed by atoms with van der Waals surface area (Å²) in [7, 11) is 0. The molecule has 0 aliphatic heterocycles. The number of nitrogens with zero attached hydrogens (tertiary/aromatic N) is 5. The second kappa shape index (κ2) is 8.88. The van der Waals surface area contributed by atoms with E-state index in [0.29, 0.717) is 18.9 Å². The fourth-order valence-corrected chi connectivity index (χ4v) is 2.86. The van der Waals surface area contributed by atoms with Crippen LogP contribution in [0.25, 0.3) is 11.4 Å². The molecule has 0 fully saturated rings. The number of carbonyl (C=O) groups is 1. The summed E-state index contributed by atoms with van der Waals surface area (Å²) in [5.41, 5.74) is 2.68. The van der Waals surface area contributed by atoms with Gasteiger partial charge >= 0.3 is 5.97 Å². The van der Waals surface area contributed by atoms with Gasteiger partial charge in [-0.25, -0.2) is 4.79 Å². The van der Waals surface area contributed by atoms with Crippen LogP contribution < -0.4 is 5.43 Å². The third-order valence-corrected chi connectivity index (χ3v) is 4.45. The number of tetrazole rings is 1. The van der Waals surface area contributed by atoms with E-state index in [9.17, 15) is 9.59 Å².